The molecule has 3 aliphatic rings. The zero-order valence-corrected chi connectivity index (χ0v) is 17.5. The normalized spacial score (nSPS) is 25.1. The summed E-state index contributed by atoms with van der Waals surface area (Å²) in [7, 11) is 1.98. The summed E-state index contributed by atoms with van der Waals surface area (Å²) in [6.07, 6.45) is 12.2. The molecule has 2 unspecified atom stereocenters. The number of nitrogens with zero attached hydrogens (tertiary/aromatic N) is 4. The molecule has 2 fully saturated rings. The quantitative estimate of drug-likeness (QED) is 0.712. The van der Waals surface area contributed by atoms with E-state index in [2.05, 4.69) is 27.5 Å². The number of hydrogen-bond donors (Lipinski definition) is 1. The average Bonchev–Trinajstić information content (AvgIpc) is 3.13. The predicted molar refractivity (Wildman–Crippen MR) is 112 cm³/mol. The number of carbonyl (C=O) groups is 2. The smallest absolute Gasteiger partial charge is 0.234 e. The number of hydrogen-bond acceptors (Lipinski definition) is 4. The highest BCUT2D eigenvalue weighted by Crippen LogP contribution is 2.38. The molecule has 29 heavy (non-hydrogen) atoms. The molecule has 3 aliphatic heterocycles. The van der Waals surface area contributed by atoms with Crippen molar-refractivity contribution in [3.8, 4) is 0 Å². The van der Waals surface area contributed by atoms with Crippen LogP contribution in [0.5, 0.6) is 0 Å². The second-order valence-electron chi connectivity index (χ2n) is 8.60. The summed E-state index contributed by atoms with van der Waals surface area (Å²) in [5.74, 6) is 0.371. The van der Waals surface area contributed by atoms with E-state index in [1.807, 2.05) is 22.8 Å². The molecule has 7 heteroatoms. The van der Waals surface area contributed by atoms with Crippen LogP contribution >= 0.6 is 0 Å². The fourth-order valence-electron chi connectivity index (χ4n) is 5.04. The Hall–Kier alpha value is -2.15. The molecule has 7 nitrogen and oxygen atoms in total. The molecular formula is C22H33N5O2. The van der Waals surface area contributed by atoms with Crippen LogP contribution in [0.2, 0.25) is 0 Å². The SMILES string of the molecule is Cn1nccc1C1=CC2CCC(C1)N2CC(=O)NCCCN1CCCCCC1=O. The summed E-state index contributed by atoms with van der Waals surface area (Å²) < 4.78 is 1.93. The summed E-state index contributed by atoms with van der Waals surface area (Å²) in [5, 5.41) is 7.35. The summed E-state index contributed by atoms with van der Waals surface area (Å²) in [6.45, 7) is 2.73. The first-order valence-corrected chi connectivity index (χ1v) is 11.1. The third-order valence-electron chi connectivity index (χ3n) is 6.61. The van der Waals surface area contributed by atoms with Gasteiger partial charge in [-0.2, -0.15) is 5.10 Å². The summed E-state index contributed by atoms with van der Waals surface area (Å²) >= 11 is 0. The van der Waals surface area contributed by atoms with Gasteiger partial charge in [0.1, 0.15) is 0 Å². The van der Waals surface area contributed by atoms with Crippen LogP contribution < -0.4 is 5.32 Å². The fraction of sp³-hybridized carbons (Fsp3) is 0.682. The fourth-order valence-corrected chi connectivity index (χ4v) is 5.04. The van der Waals surface area contributed by atoms with Crippen LogP contribution in [0.25, 0.3) is 5.57 Å². The number of fused-ring (bicyclic) bond motifs is 2. The Kier molecular flexibility index (Phi) is 6.33. The number of aryl methyl sites for hydroxylation is 1. The topological polar surface area (TPSA) is 70.5 Å². The number of nitrogens with one attached hydrogen (secondary N) is 1. The highest BCUT2D eigenvalue weighted by atomic mass is 16.2. The lowest BCUT2D eigenvalue weighted by Crippen LogP contribution is -2.45. The number of amides is 2. The Labute approximate surface area is 173 Å². The molecule has 1 aromatic heterocycles. The van der Waals surface area contributed by atoms with E-state index in [9.17, 15) is 9.59 Å². The summed E-state index contributed by atoms with van der Waals surface area (Å²) in [5.41, 5.74) is 2.55. The maximum atomic E-state index is 12.5. The van der Waals surface area contributed by atoms with Crippen molar-refractivity contribution in [2.45, 2.75) is 63.5 Å². The third-order valence-corrected chi connectivity index (χ3v) is 6.61. The highest BCUT2D eigenvalue weighted by Gasteiger charge is 2.38. The van der Waals surface area contributed by atoms with Crippen molar-refractivity contribution in [2.24, 2.45) is 7.05 Å². The first-order valence-electron chi connectivity index (χ1n) is 11.1. The lowest BCUT2D eigenvalue weighted by atomic mass is 9.98. The van der Waals surface area contributed by atoms with Crippen molar-refractivity contribution >= 4 is 17.4 Å². The molecule has 0 aliphatic carbocycles. The van der Waals surface area contributed by atoms with E-state index in [1.165, 1.54) is 11.3 Å². The first kappa shape index (κ1) is 20.1. The van der Waals surface area contributed by atoms with Crippen LogP contribution in [0, 0.1) is 0 Å². The third kappa shape index (κ3) is 4.71. The summed E-state index contributed by atoms with van der Waals surface area (Å²) in [4.78, 5) is 28.9. The molecule has 0 radical (unpaired) electrons. The van der Waals surface area contributed by atoms with E-state index >= 15 is 0 Å². The van der Waals surface area contributed by atoms with Gasteiger partial charge in [-0.25, -0.2) is 0 Å². The molecule has 2 saturated heterocycles. The predicted octanol–water partition coefficient (Wildman–Crippen LogP) is 1.95. The number of rotatable bonds is 7. The van der Waals surface area contributed by atoms with E-state index in [1.54, 1.807) is 0 Å². The molecule has 2 bridgehead atoms. The van der Waals surface area contributed by atoms with Gasteiger partial charge in [0.25, 0.3) is 0 Å². The van der Waals surface area contributed by atoms with Gasteiger partial charge in [-0.15, -0.1) is 0 Å². The Morgan fingerprint density at radius 2 is 2.17 bits per heavy atom. The monoisotopic (exact) mass is 399 g/mol. The van der Waals surface area contributed by atoms with Gasteiger partial charge in [0, 0.05) is 51.4 Å². The minimum Gasteiger partial charge on any atom is -0.355 e. The van der Waals surface area contributed by atoms with Crippen molar-refractivity contribution in [2.75, 3.05) is 26.2 Å². The van der Waals surface area contributed by atoms with Crippen molar-refractivity contribution in [1.29, 1.82) is 0 Å². The van der Waals surface area contributed by atoms with Gasteiger partial charge < -0.3 is 10.2 Å². The average molecular weight is 400 g/mol. The molecule has 0 saturated carbocycles. The van der Waals surface area contributed by atoms with Crippen molar-refractivity contribution in [3.05, 3.63) is 24.0 Å². The molecule has 158 valence electrons. The minimum absolute atomic E-state index is 0.0986. The second-order valence-corrected chi connectivity index (χ2v) is 8.60. The molecular weight excluding hydrogens is 366 g/mol. The highest BCUT2D eigenvalue weighted by molar-refractivity contribution is 5.78. The van der Waals surface area contributed by atoms with E-state index < -0.39 is 0 Å². The Balaban J connectivity index is 1.23. The standard InChI is InChI=1S/C22H33N5O2/c1-25-20(9-11-24-25)17-14-18-7-8-19(15-17)27(18)16-21(28)23-10-5-13-26-12-4-2-3-6-22(26)29/h9,11,14,18-19H,2-8,10,12-13,15-16H2,1H3,(H,23,28). The molecule has 2 amide bonds. The Morgan fingerprint density at radius 1 is 1.28 bits per heavy atom. The van der Waals surface area contributed by atoms with Gasteiger partial charge in [-0.3, -0.25) is 19.2 Å². The first-order chi connectivity index (χ1) is 14.1. The lowest BCUT2D eigenvalue weighted by molar-refractivity contribution is -0.130. The van der Waals surface area contributed by atoms with Crippen molar-refractivity contribution < 1.29 is 9.59 Å². The molecule has 0 spiro atoms. The van der Waals surface area contributed by atoms with Crippen molar-refractivity contribution in [1.82, 2.24) is 24.9 Å². The van der Waals surface area contributed by atoms with Gasteiger partial charge >= 0.3 is 0 Å². The van der Waals surface area contributed by atoms with E-state index in [4.69, 9.17) is 0 Å². The van der Waals surface area contributed by atoms with E-state index in [-0.39, 0.29) is 11.8 Å². The van der Waals surface area contributed by atoms with Crippen LogP contribution in [0.3, 0.4) is 0 Å². The van der Waals surface area contributed by atoms with Crippen LogP contribution in [0.1, 0.15) is 57.1 Å². The largest absolute Gasteiger partial charge is 0.355 e. The van der Waals surface area contributed by atoms with Crippen LogP contribution in [0.15, 0.2) is 18.3 Å². The molecule has 4 rings (SSSR count). The minimum atomic E-state index is 0.0986. The number of likely N-dealkylation sites (tertiary alicyclic amines) is 1. The lowest BCUT2D eigenvalue weighted by Gasteiger charge is -2.33. The van der Waals surface area contributed by atoms with Crippen LogP contribution in [-0.4, -0.2) is 69.7 Å². The summed E-state index contributed by atoms with van der Waals surface area (Å²) in [6, 6.07) is 2.86. The Bertz CT molecular complexity index is 771. The molecule has 0 aromatic carbocycles. The molecule has 2 atom stereocenters. The molecule has 1 aromatic rings. The maximum Gasteiger partial charge on any atom is 0.234 e. The van der Waals surface area contributed by atoms with Gasteiger partial charge in [0.2, 0.25) is 11.8 Å². The number of carbonyl (C=O) groups excluding carboxylic acids is 2. The van der Waals surface area contributed by atoms with Gasteiger partial charge in [0.15, 0.2) is 0 Å². The molecule has 1 N–H and O–H groups in total. The maximum absolute atomic E-state index is 12.5. The van der Waals surface area contributed by atoms with Crippen LogP contribution in [-0.2, 0) is 16.6 Å². The van der Waals surface area contributed by atoms with E-state index in [0.29, 0.717) is 31.6 Å². The zero-order valence-electron chi connectivity index (χ0n) is 17.5. The van der Waals surface area contributed by atoms with Gasteiger partial charge in [-0.05, 0) is 50.2 Å². The van der Waals surface area contributed by atoms with Crippen LogP contribution in [0.4, 0.5) is 0 Å². The van der Waals surface area contributed by atoms with Gasteiger partial charge in [0.05, 0.1) is 12.2 Å². The van der Waals surface area contributed by atoms with Gasteiger partial charge in [-0.1, -0.05) is 12.5 Å². The Morgan fingerprint density at radius 3 is 2.97 bits per heavy atom. The number of aromatic nitrogens is 2. The van der Waals surface area contributed by atoms with E-state index in [0.717, 1.165) is 58.0 Å². The zero-order chi connectivity index (χ0) is 20.2. The second kappa shape index (κ2) is 9.11. The molecule has 4 heterocycles. The van der Waals surface area contributed by atoms with Crippen molar-refractivity contribution in [3.63, 3.8) is 0 Å².